The van der Waals surface area contributed by atoms with E-state index in [-0.39, 0.29) is 29.9 Å². The quantitative estimate of drug-likeness (QED) is 0.743. The van der Waals surface area contributed by atoms with Crippen LogP contribution in [0.1, 0.15) is 17.5 Å². The van der Waals surface area contributed by atoms with E-state index in [9.17, 15) is 18.0 Å². The topological polar surface area (TPSA) is 93.9 Å². The molecule has 0 saturated carbocycles. The number of amides is 1. The molecule has 0 aliphatic carbocycles. The number of hydrogen-bond acceptors (Lipinski definition) is 6. The van der Waals surface area contributed by atoms with Crippen LogP contribution >= 0.6 is 0 Å². The van der Waals surface area contributed by atoms with Crippen LogP contribution in [0.15, 0.2) is 27.4 Å². The Bertz CT molecular complexity index is 1020. The molecule has 0 spiro atoms. The van der Waals surface area contributed by atoms with Crippen molar-refractivity contribution in [1.82, 2.24) is 4.90 Å². The molecule has 1 aromatic heterocycles. The smallest absolute Gasteiger partial charge is 0.340 e. The highest BCUT2D eigenvalue weighted by atomic mass is 32.2. The summed E-state index contributed by atoms with van der Waals surface area (Å²) in [6.07, 6.45) is 0.304. The monoisotopic (exact) mass is 379 g/mol. The van der Waals surface area contributed by atoms with Crippen molar-refractivity contribution in [3.63, 3.8) is 0 Å². The molecule has 1 atom stereocenters. The number of benzene rings is 1. The summed E-state index contributed by atoms with van der Waals surface area (Å²) < 4.78 is 33.7. The first-order valence-electron chi connectivity index (χ1n) is 8.28. The van der Waals surface area contributed by atoms with E-state index in [1.165, 1.54) is 12.0 Å². The predicted octanol–water partition coefficient (Wildman–Crippen LogP) is 1.30. The molecule has 1 aliphatic rings. The number of likely N-dealkylation sites (N-methyl/N-ethyl adjacent to an activating group) is 1. The molecule has 0 bridgehead atoms. The Hall–Kier alpha value is -2.35. The standard InChI is InChI=1S/C18H21NO6S/c1-11-14-5-4-13(24-3)8-16(14)25-18(21)15(11)9-17(20)19(2)12-6-7-26(22,23)10-12/h4-5,8,12H,6-7,9-10H2,1-3H3/t12-/m1/s1. The zero-order valence-electron chi connectivity index (χ0n) is 14.9. The molecule has 0 unspecified atom stereocenters. The molecule has 0 radical (unpaired) electrons. The lowest BCUT2D eigenvalue weighted by molar-refractivity contribution is -0.130. The summed E-state index contributed by atoms with van der Waals surface area (Å²) >= 11 is 0. The molecule has 1 fully saturated rings. The molecule has 2 heterocycles. The van der Waals surface area contributed by atoms with Gasteiger partial charge in [-0.05, 0) is 31.0 Å². The summed E-state index contributed by atoms with van der Waals surface area (Å²) in [4.78, 5) is 26.4. The van der Waals surface area contributed by atoms with Crippen LogP contribution in [0, 0.1) is 6.92 Å². The van der Waals surface area contributed by atoms with Crippen LogP contribution in [-0.2, 0) is 21.1 Å². The molecular weight excluding hydrogens is 358 g/mol. The van der Waals surface area contributed by atoms with E-state index < -0.39 is 15.5 Å². The van der Waals surface area contributed by atoms with Crippen molar-refractivity contribution in [2.45, 2.75) is 25.8 Å². The fourth-order valence-electron chi connectivity index (χ4n) is 3.27. The zero-order chi connectivity index (χ0) is 19.1. The minimum absolute atomic E-state index is 0.0274. The van der Waals surface area contributed by atoms with E-state index in [2.05, 4.69) is 0 Å². The lowest BCUT2D eigenvalue weighted by atomic mass is 10.0. The minimum Gasteiger partial charge on any atom is -0.497 e. The van der Waals surface area contributed by atoms with Gasteiger partial charge in [0, 0.05) is 24.5 Å². The average Bonchev–Trinajstić information content (AvgIpc) is 2.97. The van der Waals surface area contributed by atoms with Crippen molar-refractivity contribution < 1.29 is 22.4 Å². The van der Waals surface area contributed by atoms with Gasteiger partial charge in [0.15, 0.2) is 9.84 Å². The van der Waals surface area contributed by atoms with Gasteiger partial charge in [-0.3, -0.25) is 4.79 Å². The molecule has 1 aliphatic heterocycles. The lowest BCUT2D eigenvalue weighted by Gasteiger charge is -2.23. The highest BCUT2D eigenvalue weighted by Gasteiger charge is 2.33. The molecule has 8 heteroatoms. The first-order valence-corrected chi connectivity index (χ1v) is 10.1. The molecule has 1 aromatic carbocycles. The van der Waals surface area contributed by atoms with Crippen LogP contribution in [0.3, 0.4) is 0 Å². The largest absolute Gasteiger partial charge is 0.497 e. The number of sulfone groups is 1. The summed E-state index contributed by atoms with van der Waals surface area (Å²) in [5, 5.41) is 0.735. The Labute approximate surface area is 151 Å². The maximum absolute atomic E-state index is 12.6. The number of fused-ring (bicyclic) bond motifs is 1. The number of hydrogen-bond donors (Lipinski definition) is 0. The number of carbonyl (C=O) groups is 1. The summed E-state index contributed by atoms with van der Waals surface area (Å²) in [6.45, 7) is 1.77. The Kier molecular flexibility index (Phi) is 4.79. The third kappa shape index (κ3) is 3.46. The second-order valence-electron chi connectivity index (χ2n) is 6.59. The summed E-state index contributed by atoms with van der Waals surface area (Å²) in [5.41, 5.74) is 0.808. The highest BCUT2D eigenvalue weighted by molar-refractivity contribution is 7.91. The van der Waals surface area contributed by atoms with Crippen molar-refractivity contribution in [3.05, 3.63) is 39.7 Å². The van der Waals surface area contributed by atoms with Gasteiger partial charge < -0.3 is 14.1 Å². The van der Waals surface area contributed by atoms with Crippen molar-refractivity contribution in [3.8, 4) is 5.75 Å². The maximum Gasteiger partial charge on any atom is 0.340 e. The first-order chi connectivity index (χ1) is 12.2. The van der Waals surface area contributed by atoms with E-state index >= 15 is 0 Å². The zero-order valence-corrected chi connectivity index (χ0v) is 15.8. The fourth-order valence-corrected chi connectivity index (χ4v) is 5.04. The van der Waals surface area contributed by atoms with Crippen LogP contribution in [0.25, 0.3) is 11.0 Å². The van der Waals surface area contributed by atoms with Gasteiger partial charge in [-0.25, -0.2) is 13.2 Å². The molecule has 1 saturated heterocycles. The Morgan fingerprint density at radius 1 is 1.38 bits per heavy atom. The van der Waals surface area contributed by atoms with Crippen molar-refractivity contribution in [1.29, 1.82) is 0 Å². The Morgan fingerprint density at radius 2 is 2.12 bits per heavy atom. The molecule has 26 heavy (non-hydrogen) atoms. The van der Waals surface area contributed by atoms with E-state index in [4.69, 9.17) is 9.15 Å². The van der Waals surface area contributed by atoms with Gasteiger partial charge >= 0.3 is 5.63 Å². The molecule has 1 amide bonds. The van der Waals surface area contributed by atoms with Gasteiger partial charge in [0.2, 0.25) is 5.91 Å². The third-order valence-corrected chi connectivity index (χ3v) is 6.72. The first kappa shape index (κ1) is 18.4. The predicted molar refractivity (Wildman–Crippen MR) is 97.3 cm³/mol. The maximum atomic E-state index is 12.6. The molecule has 7 nitrogen and oxygen atoms in total. The second-order valence-corrected chi connectivity index (χ2v) is 8.82. The van der Waals surface area contributed by atoms with Crippen LogP contribution in [0.5, 0.6) is 5.75 Å². The summed E-state index contributed by atoms with van der Waals surface area (Å²) in [6, 6.07) is 4.83. The van der Waals surface area contributed by atoms with Crippen LogP contribution < -0.4 is 10.4 Å². The molecule has 2 aromatic rings. The Morgan fingerprint density at radius 3 is 2.73 bits per heavy atom. The van der Waals surface area contributed by atoms with Crippen LogP contribution in [0.4, 0.5) is 0 Å². The van der Waals surface area contributed by atoms with Gasteiger partial charge in [0.05, 0.1) is 30.6 Å². The summed E-state index contributed by atoms with van der Waals surface area (Å²) in [5.74, 6) is 0.343. The molecule has 0 N–H and O–H groups in total. The number of aryl methyl sites for hydroxylation is 1. The number of ether oxygens (including phenoxy) is 1. The number of nitrogens with zero attached hydrogens (tertiary/aromatic N) is 1. The van der Waals surface area contributed by atoms with Gasteiger partial charge in [-0.1, -0.05) is 0 Å². The minimum atomic E-state index is -3.08. The molecule has 3 rings (SSSR count). The number of methoxy groups -OCH3 is 1. The van der Waals surface area contributed by atoms with E-state index in [1.54, 1.807) is 32.2 Å². The highest BCUT2D eigenvalue weighted by Crippen LogP contribution is 2.25. The van der Waals surface area contributed by atoms with Gasteiger partial charge in [0.25, 0.3) is 0 Å². The Balaban J connectivity index is 1.88. The van der Waals surface area contributed by atoms with E-state index in [1.807, 2.05) is 0 Å². The average molecular weight is 379 g/mol. The van der Waals surface area contributed by atoms with E-state index in [0.717, 1.165) is 5.39 Å². The van der Waals surface area contributed by atoms with Gasteiger partial charge in [-0.2, -0.15) is 0 Å². The van der Waals surface area contributed by atoms with Gasteiger partial charge in [-0.15, -0.1) is 0 Å². The number of rotatable bonds is 4. The van der Waals surface area contributed by atoms with Gasteiger partial charge in [0.1, 0.15) is 11.3 Å². The van der Waals surface area contributed by atoms with Crippen LogP contribution in [0.2, 0.25) is 0 Å². The molecule has 140 valence electrons. The van der Waals surface area contributed by atoms with E-state index in [0.29, 0.717) is 28.9 Å². The summed E-state index contributed by atoms with van der Waals surface area (Å²) in [7, 11) is 0.0214. The van der Waals surface area contributed by atoms with Crippen molar-refractivity contribution in [2.75, 3.05) is 25.7 Å². The molecular formula is C18H21NO6S. The third-order valence-electron chi connectivity index (χ3n) is 4.97. The number of carbonyl (C=O) groups excluding carboxylic acids is 1. The van der Waals surface area contributed by atoms with Crippen LogP contribution in [-0.4, -0.2) is 50.9 Å². The van der Waals surface area contributed by atoms with Crippen molar-refractivity contribution >= 4 is 26.7 Å². The fraction of sp³-hybridized carbons (Fsp3) is 0.444. The van der Waals surface area contributed by atoms with Crippen molar-refractivity contribution in [2.24, 2.45) is 0 Å². The SMILES string of the molecule is COc1ccc2c(C)c(CC(=O)N(C)[C@@H]3CCS(=O)(=O)C3)c(=O)oc2c1. The normalized spacial score (nSPS) is 18.8. The second kappa shape index (κ2) is 6.75. The lowest BCUT2D eigenvalue weighted by Crippen LogP contribution is -2.39.